The average molecular weight is 580 g/mol. The number of rotatable bonds is 13. The first-order chi connectivity index (χ1) is 19.5. The van der Waals surface area contributed by atoms with Gasteiger partial charge in [0.05, 0.1) is 17.2 Å². The van der Waals surface area contributed by atoms with Crippen molar-refractivity contribution in [3.63, 3.8) is 0 Å². The molecule has 0 radical (unpaired) electrons. The zero-order chi connectivity index (χ0) is 30.2. The monoisotopic (exact) mass is 579 g/mol. The molecule has 2 amide bonds. The van der Waals surface area contributed by atoms with Crippen LogP contribution in [-0.4, -0.2) is 50.4 Å². The Morgan fingerprint density at radius 2 is 1.56 bits per heavy atom. The molecule has 220 valence electrons. The van der Waals surface area contributed by atoms with E-state index < -0.39 is 28.5 Å². The van der Waals surface area contributed by atoms with Crippen molar-refractivity contribution in [3.8, 4) is 5.75 Å². The maximum absolute atomic E-state index is 14.0. The second kappa shape index (κ2) is 14.2. The molecule has 3 rings (SSSR count). The Labute approximate surface area is 244 Å². The van der Waals surface area contributed by atoms with E-state index in [4.69, 9.17) is 4.74 Å². The predicted octanol–water partition coefficient (Wildman–Crippen LogP) is 5.23. The molecule has 1 N–H and O–H groups in total. The summed E-state index contributed by atoms with van der Waals surface area (Å²) in [6.45, 7) is 11.4. The topological polar surface area (TPSA) is 96.0 Å². The van der Waals surface area contributed by atoms with Crippen molar-refractivity contribution in [2.75, 3.05) is 17.5 Å². The third kappa shape index (κ3) is 8.33. The lowest BCUT2D eigenvalue weighted by Gasteiger charge is -2.32. The van der Waals surface area contributed by atoms with E-state index in [0.29, 0.717) is 18.0 Å². The van der Waals surface area contributed by atoms with Gasteiger partial charge in [-0.2, -0.15) is 0 Å². The highest BCUT2D eigenvalue weighted by molar-refractivity contribution is 7.92. The number of hydrogen-bond donors (Lipinski definition) is 1. The summed E-state index contributed by atoms with van der Waals surface area (Å²) < 4.78 is 34.5. The molecule has 0 aromatic heterocycles. The van der Waals surface area contributed by atoms with E-state index in [1.165, 1.54) is 17.0 Å². The molecular weight excluding hydrogens is 538 g/mol. The van der Waals surface area contributed by atoms with Crippen molar-refractivity contribution >= 4 is 27.5 Å². The minimum absolute atomic E-state index is 0.0297. The zero-order valence-corrected chi connectivity index (χ0v) is 25.6. The highest BCUT2D eigenvalue weighted by Crippen LogP contribution is 2.26. The van der Waals surface area contributed by atoms with Gasteiger partial charge in [-0.15, -0.1) is 0 Å². The van der Waals surface area contributed by atoms with E-state index in [9.17, 15) is 18.0 Å². The third-order valence-corrected chi connectivity index (χ3v) is 8.72. The number of sulfonamides is 1. The van der Waals surface area contributed by atoms with Crippen LogP contribution < -0.4 is 14.4 Å². The molecule has 0 spiro atoms. The number of nitrogens with one attached hydrogen (secondary N) is 1. The van der Waals surface area contributed by atoms with Crippen LogP contribution >= 0.6 is 0 Å². The number of amides is 2. The standard InChI is InChI=1S/C32H41N3O5S/c1-7-25(5)33-32(37)26(6)34(21-27-11-9-10-24(4)20-27)31(36)22-35(28-14-12-23(3)13-15-28)41(38,39)30-18-16-29(17-19-30)40-8-2/h9-20,25-26H,7-8,21-22H2,1-6H3,(H,33,37)/t25-,26-/m1/s1. The smallest absolute Gasteiger partial charge is 0.264 e. The van der Waals surface area contributed by atoms with Crippen molar-refractivity contribution < 1.29 is 22.7 Å². The molecule has 0 fully saturated rings. The fourth-order valence-corrected chi connectivity index (χ4v) is 5.71. The second-order valence-electron chi connectivity index (χ2n) is 10.3. The Morgan fingerprint density at radius 3 is 2.15 bits per heavy atom. The normalized spacial score (nSPS) is 12.7. The maximum atomic E-state index is 14.0. The lowest BCUT2D eigenvalue weighted by atomic mass is 10.1. The van der Waals surface area contributed by atoms with Gasteiger partial charge in [0.1, 0.15) is 18.3 Å². The third-order valence-electron chi connectivity index (χ3n) is 6.93. The van der Waals surface area contributed by atoms with Crippen molar-refractivity contribution in [3.05, 3.63) is 89.5 Å². The van der Waals surface area contributed by atoms with Crippen molar-refractivity contribution in [1.82, 2.24) is 10.2 Å². The van der Waals surface area contributed by atoms with E-state index in [1.807, 2.05) is 58.9 Å². The molecule has 0 aliphatic rings. The summed E-state index contributed by atoms with van der Waals surface area (Å²) in [5.74, 6) is -0.236. The number of ether oxygens (including phenoxy) is 1. The Bertz CT molecular complexity index is 1420. The fraction of sp³-hybridized carbons (Fsp3) is 0.375. The number of nitrogens with zero attached hydrogens (tertiary/aromatic N) is 2. The Hall–Kier alpha value is -3.85. The van der Waals surface area contributed by atoms with Crippen LogP contribution in [0.2, 0.25) is 0 Å². The van der Waals surface area contributed by atoms with Crippen LogP contribution in [-0.2, 0) is 26.2 Å². The summed E-state index contributed by atoms with van der Waals surface area (Å²) in [5.41, 5.74) is 3.17. The van der Waals surface area contributed by atoms with E-state index in [-0.39, 0.29) is 23.4 Å². The average Bonchev–Trinajstić information content (AvgIpc) is 2.95. The van der Waals surface area contributed by atoms with Crippen LogP contribution in [0.15, 0.2) is 77.7 Å². The molecule has 0 saturated heterocycles. The minimum atomic E-state index is -4.15. The van der Waals surface area contributed by atoms with Crippen LogP contribution in [0.4, 0.5) is 5.69 Å². The van der Waals surface area contributed by atoms with Crippen molar-refractivity contribution in [2.45, 2.75) is 71.5 Å². The molecule has 3 aromatic rings. The number of aryl methyl sites for hydroxylation is 2. The largest absolute Gasteiger partial charge is 0.494 e. The fourth-order valence-electron chi connectivity index (χ4n) is 4.30. The van der Waals surface area contributed by atoms with Crippen LogP contribution in [0.25, 0.3) is 0 Å². The molecule has 0 aliphatic heterocycles. The van der Waals surface area contributed by atoms with Crippen molar-refractivity contribution in [2.24, 2.45) is 0 Å². The van der Waals surface area contributed by atoms with Gasteiger partial charge in [-0.25, -0.2) is 8.42 Å². The molecule has 0 saturated carbocycles. The number of hydrogen-bond acceptors (Lipinski definition) is 5. The first kappa shape index (κ1) is 31.7. The summed E-state index contributed by atoms with van der Waals surface area (Å²) >= 11 is 0. The summed E-state index contributed by atoms with van der Waals surface area (Å²) in [7, 11) is -4.15. The summed E-state index contributed by atoms with van der Waals surface area (Å²) in [5, 5.41) is 2.95. The summed E-state index contributed by atoms with van der Waals surface area (Å²) in [4.78, 5) is 28.7. The quantitative estimate of drug-likeness (QED) is 0.299. The zero-order valence-electron chi connectivity index (χ0n) is 24.8. The van der Waals surface area contributed by atoms with Gasteiger partial charge in [-0.05, 0) is 83.0 Å². The minimum Gasteiger partial charge on any atom is -0.494 e. The van der Waals surface area contributed by atoms with E-state index in [0.717, 1.165) is 27.4 Å². The Kier molecular flexibility index (Phi) is 10.9. The van der Waals surface area contributed by atoms with Gasteiger partial charge in [-0.3, -0.25) is 13.9 Å². The van der Waals surface area contributed by atoms with Gasteiger partial charge < -0.3 is 15.0 Å². The van der Waals surface area contributed by atoms with Gasteiger partial charge >= 0.3 is 0 Å². The number of benzene rings is 3. The van der Waals surface area contributed by atoms with E-state index >= 15 is 0 Å². The molecule has 0 heterocycles. The molecule has 2 atom stereocenters. The lowest BCUT2D eigenvalue weighted by molar-refractivity contribution is -0.139. The van der Waals surface area contributed by atoms with E-state index in [1.54, 1.807) is 43.3 Å². The Morgan fingerprint density at radius 1 is 0.902 bits per heavy atom. The van der Waals surface area contributed by atoms with Crippen LogP contribution in [0, 0.1) is 13.8 Å². The summed E-state index contributed by atoms with van der Waals surface area (Å²) in [6, 6.07) is 19.9. The SMILES string of the molecule is CCOc1ccc(S(=O)(=O)N(CC(=O)N(Cc2cccc(C)c2)[C@H](C)C(=O)N[C@H](C)CC)c2ccc(C)cc2)cc1. The van der Waals surface area contributed by atoms with Gasteiger partial charge in [0.15, 0.2) is 0 Å². The first-order valence-electron chi connectivity index (χ1n) is 13.9. The summed E-state index contributed by atoms with van der Waals surface area (Å²) in [6.07, 6.45) is 0.742. The van der Waals surface area contributed by atoms with Gasteiger partial charge in [-0.1, -0.05) is 54.4 Å². The van der Waals surface area contributed by atoms with Crippen LogP contribution in [0.5, 0.6) is 5.75 Å². The van der Waals surface area contributed by atoms with E-state index in [2.05, 4.69) is 5.32 Å². The maximum Gasteiger partial charge on any atom is 0.264 e. The van der Waals surface area contributed by atoms with Gasteiger partial charge in [0, 0.05) is 12.6 Å². The van der Waals surface area contributed by atoms with Crippen LogP contribution in [0.1, 0.15) is 50.8 Å². The molecule has 41 heavy (non-hydrogen) atoms. The molecule has 0 unspecified atom stereocenters. The van der Waals surface area contributed by atoms with Gasteiger partial charge in [0.2, 0.25) is 11.8 Å². The van der Waals surface area contributed by atoms with Gasteiger partial charge in [0.25, 0.3) is 10.0 Å². The Balaban J connectivity index is 2.01. The van der Waals surface area contributed by atoms with Crippen LogP contribution in [0.3, 0.4) is 0 Å². The predicted molar refractivity (Wildman–Crippen MR) is 162 cm³/mol. The lowest BCUT2D eigenvalue weighted by Crippen LogP contribution is -2.52. The second-order valence-corrected chi connectivity index (χ2v) is 12.1. The number of carbonyl (C=O) groups is 2. The molecule has 8 nitrogen and oxygen atoms in total. The molecular formula is C32H41N3O5S. The first-order valence-corrected chi connectivity index (χ1v) is 15.4. The molecule has 0 bridgehead atoms. The highest BCUT2D eigenvalue weighted by Gasteiger charge is 2.32. The molecule has 0 aliphatic carbocycles. The van der Waals surface area contributed by atoms with Crippen molar-refractivity contribution in [1.29, 1.82) is 0 Å². The molecule has 9 heteroatoms. The number of anilines is 1. The highest BCUT2D eigenvalue weighted by atomic mass is 32.2. The number of carbonyl (C=O) groups excluding carboxylic acids is 2. The molecule has 3 aromatic carbocycles.